The van der Waals surface area contributed by atoms with E-state index in [1.165, 1.54) is 13.0 Å². The first-order chi connectivity index (χ1) is 12.0. The lowest BCUT2D eigenvalue weighted by molar-refractivity contribution is -0.130. The van der Waals surface area contributed by atoms with Crippen LogP contribution in [0.15, 0.2) is 45.6 Å². The van der Waals surface area contributed by atoms with Gasteiger partial charge in [-0.15, -0.1) is 0 Å². The number of ether oxygens (including phenoxy) is 1. The Hall–Kier alpha value is -2.89. The van der Waals surface area contributed by atoms with Crippen LogP contribution in [0.1, 0.15) is 46.2 Å². The van der Waals surface area contributed by atoms with E-state index in [0.29, 0.717) is 11.1 Å². The van der Waals surface area contributed by atoms with Crippen molar-refractivity contribution in [3.63, 3.8) is 0 Å². The van der Waals surface area contributed by atoms with Crippen molar-refractivity contribution in [2.75, 3.05) is 0 Å². The van der Waals surface area contributed by atoms with Crippen LogP contribution >= 0.6 is 0 Å². The van der Waals surface area contributed by atoms with E-state index in [1.807, 2.05) is 6.07 Å². The van der Waals surface area contributed by atoms with Crippen molar-refractivity contribution >= 4 is 11.9 Å². The van der Waals surface area contributed by atoms with Gasteiger partial charge in [0.05, 0.1) is 0 Å². The Balaban J connectivity index is 1.88. The highest BCUT2D eigenvalue weighted by Gasteiger charge is 2.32. The van der Waals surface area contributed by atoms with Crippen molar-refractivity contribution in [3.8, 4) is 0 Å². The lowest BCUT2D eigenvalue weighted by Gasteiger charge is -2.19. The van der Waals surface area contributed by atoms with Crippen molar-refractivity contribution in [3.05, 3.63) is 69.3 Å². The fraction of sp³-hybridized carbons (Fsp3) is 0.316. The summed E-state index contributed by atoms with van der Waals surface area (Å²) in [6, 6.07) is 10.2. The fourth-order valence-corrected chi connectivity index (χ4v) is 2.63. The molecule has 1 heterocycles. The molecule has 1 aliphatic carbocycles. The molecule has 130 valence electrons. The van der Waals surface area contributed by atoms with Gasteiger partial charge < -0.3 is 14.5 Å². The molecule has 6 heteroatoms. The van der Waals surface area contributed by atoms with E-state index < -0.39 is 17.7 Å². The number of amides is 1. The summed E-state index contributed by atoms with van der Waals surface area (Å²) in [5, 5.41) is 2.86. The highest BCUT2D eigenvalue weighted by Crippen LogP contribution is 2.25. The van der Waals surface area contributed by atoms with Crippen LogP contribution in [0, 0.1) is 13.8 Å². The summed E-state index contributed by atoms with van der Waals surface area (Å²) in [6.45, 7) is 3.15. The Morgan fingerprint density at radius 3 is 2.48 bits per heavy atom. The SMILES string of the molecule is Cc1cc(=O)oc(C)c1C(=O)O[C@@H](C(=O)NC1CC1)c1ccccc1. The van der Waals surface area contributed by atoms with Crippen molar-refractivity contribution in [2.24, 2.45) is 0 Å². The number of aryl methyl sites for hydroxylation is 2. The molecule has 1 atom stereocenters. The molecular formula is C19H19NO5. The highest BCUT2D eigenvalue weighted by atomic mass is 16.5. The summed E-state index contributed by atoms with van der Waals surface area (Å²) in [6.07, 6.45) is 0.812. The van der Waals surface area contributed by atoms with Gasteiger partial charge in [0, 0.05) is 17.7 Å². The first kappa shape index (κ1) is 17.0. The van der Waals surface area contributed by atoms with Gasteiger partial charge in [-0.3, -0.25) is 4.79 Å². The number of benzene rings is 1. The maximum atomic E-state index is 12.6. The fourth-order valence-electron chi connectivity index (χ4n) is 2.63. The first-order valence-corrected chi connectivity index (χ1v) is 8.13. The Labute approximate surface area is 144 Å². The Morgan fingerprint density at radius 1 is 1.20 bits per heavy atom. The molecular weight excluding hydrogens is 322 g/mol. The molecule has 0 unspecified atom stereocenters. The van der Waals surface area contributed by atoms with Crippen LogP contribution in [-0.2, 0) is 9.53 Å². The number of carbonyl (C=O) groups excluding carboxylic acids is 2. The van der Waals surface area contributed by atoms with Crippen molar-refractivity contribution in [1.82, 2.24) is 5.32 Å². The molecule has 1 aromatic heterocycles. The molecule has 2 aromatic rings. The molecule has 1 amide bonds. The summed E-state index contributed by atoms with van der Waals surface area (Å²) >= 11 is 0. The van der Waals surface area contributed by atoms with Gasteiger partial charge in [-0.05, 0) is 32.3 Å². The van der Waals surface area contributed by atoms with Crippen molar-refractivity contribution in [2.45, 2.75) is 38.8 Å². The van der Waals surface area contributed by atoms with Gasteiger partial charge in [0.15, 0.2) is 0 Å². The van der Waals surface area contributed by atoms with Gasteiger partial charge in [0.25, 0.3) is 5.91 Å². The normalized spacial score (nSPS) is 14.6. The van der Waals surface area contributed by atoms with E-state index >= 15 is 0 Å². The topological polar surface area (TPSA) is 85.6 Å². The maximum Gasteiger partial charge on any atom is 0.342 e. The Bertz CT molecular complexity index is 826. The van der Waals surface area contributed by atoms with Crippen LogP contribution in [0.4, 0.5) is 0 Å². The molecule has 0 radical (unpaired) electrons. The van der Waals surface area contributed by atoms with Crippen molar-refractivity contribution in [1.29, 1.82) is 0 Å². The minimum absolute atomic E-state index is 0.149. The first-order valence-electron chi connectivity index (χ1n) is 8.13. The number of carbonyl (C=O) groups is 2. The van der Waals surface area contributed by atoms with Gasteiger partial charge in [0.2, 0.25) is 6.10 Å². The third-order valence-electron chi connectivity index (χ3n) is 4.03. The third kappa shape index (κ3) is 3.96. The number of hydrogen-bond donors (Lipinski definition) is 1. The monoisotopic (exact) mass is 341 g/mol. The van der Waals surface area contributed by atoms with E-state index in [-0.39, 0.29) is 23.3 Å². The summed E-state index contributed by atoms with van der Waals surface area (Å²) in [5.41, 5.74) is 0.673. The number of esters is 1. The largest absolute Gasteiger partial charge is 0.444 e. The zero-order valence-electron chi connectivity index (χ0n) is 14.1. The smallest absolute Gasteiger partial charge is 0.342 e. The average molecular weight is 341 g/mol. The summed E-state index contributed by atoms with van der Waals surface area (Å²) in [5.74, 6) is -0.877. The molecule has 6 nitrogen and oxygen atoms in total. The quantitative estimate of drug-likeness (QED) is 0.844. The lowest BCUT2D eigenvalue weighted by atomic mass is 10.1. The molecule has 25 heavy (non-hydrogen) atoms. The predicted molar refractivity (Wildman–Crippen MR) is 90.2 cm³/mol. The second-order valence-corrected chi connectivity index (χ2v) is 6.16. The standard InChI is InChI=1S/C19H19NO5/c1-11-10-15(21)24-12(2)16(11)19(23)25-17(13-6-4-3-5-7-13)18(22)20-14-8-9-14/h3-7,10,14,17H,8-9H2,1-2H3,(H,20,22)/t17-/m1/s1. The zero-order valence-corrected chi connectivity index (χ0v) is 14.1. The molecule has 1 saturated carbocycles. The average Bonchev–Trinajstić information content (AvgIpc) is 3.36. The van der Waals surface area contributed by atoms with Gasteiger partial charge >= 0.3 is 11.6 Å². The number of nitrogens with one attached hydrogen (secondary N) is 1. The molecule has 1 N–H and O–H groups in total. The summed E-state index contributed by atoms with van der Waals surface area (Å²) in [4.78, 5) is 36.5. The lowest BCUT2D eigenvalue weighted by Crippen LogP contribution is -2.33. The highest BCUT2D eigenvalue weighted by molar-refractivity contribution is 5.94. The summed E-state index contributed by atoms with van der Waals surface area (Å²) < 4.78 is 10.5. The Morgan fingerprint density at radius 2 is 1.88 bits per heavy atom. The molecule has 0 bridgehead atoms. The van der Waals surface area contributed by atoms with Gasteiger partial charge in [-0.25, -0.2) is 9.59 Å². The molecule has 1 aromatic carbocycles. The van der Waals surface area contributed by atoms with E-state index in [9.17, 15) is 14.4 Å². The molecule has 3 rings (SSSR count). The van der Waals surface area contributed by atoms with Crippen LogP contribution in [0.5, 0.6) is 0 Å². The van der Waals surface area contributed by atoms with Gasteiger partial charge in [-0.2, -0.15) is 0 Å². The molecule has 0 aliphatic heterocycles. The van der Waals surface area contributed by atoms with Gasteiger partial charge in [-0.1, -0.05) is 30.3 Å². The second kappa shape index (κ2) is 6.93. The van der Waals surface area contributed by atoms with Crippen LogP contribution in [0.3, 0.4) is 0 Å². The van der Waals surface area contributed by atoms with Crippen molar-refractivity contribution < 1.29 is 18.7 Å². The van der Waals surface area contributed by atoms with E-state index in [2.05, 4.69) is 5.32 Å². The van der Waals surface area contributed by atoms with Crippen LogP contribution in [0.2, 0.25) is 0 Å². The maximum absolute atomic E-state index is 12.6. The van der Waals surface area contributed by atoms with Crippen LogP contribution in [0.25, 0.3) is 0 Å². The zero-order chi connectivity index (χ0) is 18.0. The van der Waals surface area contributed by atoms with Crippen LogP contribution in [-0.4, -0.2) is 17.9 Å². The molecule has 0 spiro atoms. The molecule has 1 fully saturated rings. The number of rotatable bonds is 5. The van der Waals surface area contributed by atoms with E-state index in [1.54, 1.807) is 31.2 Å². The predicted octanol–water partition coefficient (Wildman–Crippen LogP) is 2.43. The van der Waals surface area contributed by atoms with E-state index in [0.717, 1.165) is 12.8 Å². The van der Waals surface area contributed by atoms with E-state index in [4.69, 9.17) is 9.15 Å². The number of hydrogen-bond acceptors (Lipinski definition) is 5. The van der Waals surface area contributed by atoms with Gasteiger partial charge in [0.1, 0.15) is 11.3 Å². The van der Waals surface area contributed by atoms with Crippen LogP contribution < -0.4 is 10.9 Å². The third-order valence-corrected chi connectivity index (χ3v) is 4.03. The second-order valence-electron chi connectivity index (χ2n) is 6.16. The molecule has 1 aliphatic rings. The Kier molecular flexibility index (Phi) is 4.70. The summed E-state index contributed by atoms with van der Waals surface area (Å²) in [7, 11) is 0. The minimum atomic E-state index is -1.06. The minimum Gasteiger partial charge on any atom is -0.444 e. The molecule has 0 saturated heterocycles.